The fourth-order valence-electron chi connectivity index (χ4n) is 3.05. The molecule has 0 fully saturated rings. The van der Waals surface area contributed by atoms with Crippen LogP contribution in [0.4, 0.5) is 0 Å². The number of rotatable bonds is 3. The molecule has 0 aliphatic heterocycles. The fraction of sp³-hybridized carbons (Fsp3) is 0.0417. The van der Waals surface area contributed by atoms with Gasteiger partial charge in [0.2, 0.25) is 0 Å². The predicted molar refractivity (Wildman–Crippen MR) is 118 cm³/mol. The Bertz CT molecular complexity index is 1350. The van der Waals surface area contributed by atoms with E-state index in [0.29, 0.717) is 27.6 Å². The topological polar surface area (TPSA) is 47.8 Å². The quantitative estimate of drug-likeness (QED) is 0.462. The molecule has 2 aromatic heterocycles. The van der Waals surface area contributed by atoms with Gasteiger partial charge in [-0.25, -0.2) is 9.97 Å². The Morgan fingerprint density at radius 1 is 1.10 bits per heavy atom. The van der Waals surface area contributed by atoms with E-state index in [-0.39, 0.29) is 5.56 Å². The predicted octanol–water partition coefficient (Wildman–Crippen LogP) is 4.89. The summed E-state index contributed by atoms with van der Waals surface area (Å²) >= 11 is 6.11. The van der Waals surface area contributed by atoms with Gasteiger partial charge in [0, 0.05) is 16.8 Å². The van der Waals surface area contributed by atoms with E-state index in [1.165, 1.54) is 0 Å². The minimum absolute atomic E-state index is 0.191. The lowest BCUT2D eigenvalue weighted by Gasteiger charge is -2.11. The highest BCUT2D eigenvalue weighted by Gasteiger charge is 2.11. The molecule has 4 rings (SSSR count). The van der Waals surface area contributed by atoms with Crippen molar-refractivity contribution in [3.05, 3.63) is 98.7 Å². The maximum Gasteiger partial charge on any atom is 0.267 e. The van der Waals surface area contributed by atoms with E-state index >= 15 is 0 Å². The van der Waals surface area contributed by atoms with Crippen molar-refractivity contribution < 1.29 is 0 Å². The highest BCUT2D eigenvalue weighted by atomic mass is 35.5. The van der Waals surface area contributed by atoms with Gasteiger partial charge in [-0.05, 0) is 66.6 Å². The summed E-state index contributed by atoms with van der Waals surface area (Å²) in [5.74, 6) is 3.06. The van der Waals surface area contributed by atoms with E-state index < -0.39 is 0 Å². The van der Waals surface area contributed by atoms with Crippen LogP contribution in [0.2, 0.25) is 5.02 Å². The first kappa shape index (κ1) is 18.7. The van der Waals surface area contributed by atoms with Gasteiger partial charge in [0.1, 0.15) is 5.82 Å². The van der Waals surface area contributed by atoms with Crippen LogP contribution in [-0.4, -0.2) is 14.5 Å². The molecule has 0 N–H and O–H groups in total. The molecule has 0 amide bonds. The lowest BCUT2D eigenvalue weighted by molar-refractivity contribution is 0.937. The molecular formula is C24H16ClN3O. The Hall–Kier alpha value is -3.68. The third kappa shape index (κ3) is 3.69. The average Bonchev–Trinajstić information content (AvgIpc) is 2.75. The Kier molecular flexibility index (Phi) is 4.99. The highest BCUT2D eigenvalue weighted by molar-refractivity contribution is 6.31. The van der Waals surface area contributed by atoms with Crippen molar-refractivity contribution in [2.75, 3.05) is 0 Å². The van der Waals surface area contributed by atoms with Gasteiger partial charge in [0.05, 0.1) is 11.1 Å². The molecule has 0 saturated heterocycles. The monoisotopic (exact) mass is 397 g/mol. The zero-order valence-electron chi connectivity index (χ0n) is 15.6. The molecule has 4 nitrogen and oxygen atoms in total. The maximum absolute atomic E-state index is 13.2. The third-order valence-corrected chi connectivity index (χ3v) is 4.99. The maximum atomic E-state index is 13.2. The lowest BCUT2D eigenvalue weighted by atomic mass is 10.1. The molecule has 0 saturated carbocycles. The molecule has 0 atom stereocenters. The van der Waals surface area contributed by atoms with Crippen molar-refractivity contribution in [1.82, 2.24) is 14.5 Å². The van der Waals surface area contributed by atoms with E-state index in [4.69, 9.17) is 18.0 Å². The van der Waals surface area contributed by atoms with Crippen molar-refractivity contribution >= 4 is 34.8 Å². The zero-order valence-corrected chi connectivity index (χ0v) is 16.4. The van der Waals surface area contributed by atoms with Crippen LogP contribution in [0, 0.1) is 19.3 Å². The Labute approximate surface area is 173 Å². The third-order valence-electron chi connectivity index (χ3n) is 4.57. The van der Waals surface area contributed by atoms with Crippen molar-refractivity contribution in [2.45, 2.75) is 6.92 Å². The Morgan fingerprint density at radius 2 is 1.90 bits per heavy atom. The molecule has 5 heteroatoms. The molecule has 29 heavy (non-hydrogen) atoms. The second kappa shape index (κ2) is 7.75. The summed E-state index contributed by atoms with van der Waals surface area (Å²) in [6.07, 6.45) is 10.8. The van der Waals surface area contributed by atoms with E-state index in [2.05, 4.69) is 15.9 Å². The number of aromatic nitrogens is 3. The number of fused-ring (bicyclic) bond motifs is 1. The molecule has 0 spiro atoms. The molecule has 4 aromatic rings. The molecule has 2 heterocycles. The van der Waals surface area contributed by atoms with Crippen LogP contribution in [0.15, 0.2) is 65.6 Å². The number of halogens is 1. The molecule has 0 aliphatic rings. The first-order chi connectivity index (χ1) is 14.1. The standard InChI is InChI=1S/C24H16ClN3O/c1-3-17-6-10-19(11-7-17)28-22(13-9-18-8-12-21(25)16(2)15-18)27-23-20(24(28)29)5-4-14-26-23/h1,4-15H,2H3/b13-9+. The largest absolute Gasteiger partial charge is 0.268 e. The number of hydrogen-bond acceptors (Lipinski definition) is 3. The van der Waals surface area contributed by atoms with Crippen LogP contribution >= 0.6 is 11.6 Å². The summed E-state index contributed by atoms with van der Waals surface area (Å²) in [7, 11) is 0. The van der Waals surface area contributed by atoms with Crippen LogP contribution in [0.3, 0.4) is 0 Å². The van der Waals surface area contributed by atoms with Crippen molar-refractivity contribution in [3.63, 3.8) is 0 Å². The normalized spacial score (nSPS) is 11.1. The van der Waals surface area contributed by atoms with Gasteiger partial charge in [-0.2, -0.15) is 0 Å². The van der Waals surface area contributed by atoms with Crippen molar-refractivity contribution in [3.8, 4) is 18.0 Å². The van der Waals surface area contributed by atoms with Crippen LogP contribution in [0.5, 0.6) is 0 Å². The minimum Gasteiger partial charge on any atom is -0.268 e. The van der Waals surface area contributed by atoms with Gasteiger partial charge >= 0.3 is 0 Å². The summed E-state index contributed by atoms with van der Waals surface area (Å²) in [5.41, 5.74) is 3.57. The Balaban J connectivity index is 1.91. The van der Waals surface area contributed by atoms with Gasteiger partial charge in [0.25, 0.3) is 5.56 Å². The average molecular weight is 398 g/mol. The molecule has 2 aromatic carbocycles. The first-order valence-electron chi connectivity index (χ1n) is 8.96. The van der Waals surface area contributed by atoms with Gasteiger partial charge < -0.3 is 0 Å². The summed E-state index contributed by atoms with van der Waals surface area (Å²) in [5, 5.41) is 1.16. The fourth-order valence-corrected chi connectivity index (χ4v) is 3.16. The molecule has 0 bridgehead atoms. The lowest BCUT2D eigenvalue weighted by Crippen LogP contribution is -2.22. The van der Waals surface area contributed by atoms with Crippen molar-refractivity contribution in [2.24, 2.45) is 0 Å². The number of hydrogen-bond donors (Lipinski definition) is 0. The van der Waals surface area contributed by atoms with Crippen LogP contribution in [0.1, 0.15) is 22.5 Å². The van der Waals surface area contributed by atoms with Crippen LogP contribution < -0.4 is 5.56 Å². The molecule has 0 unspecified atom stereocenters. The molecular weight excluding hydrogens is 382 g/mol. The minimum atomic E-state index is -0.191. The number of pyridine rings is 1. The van der Waals surface area contributed by atoms with E-state index in [9.17, 15) is 4.79 Å². The summed E-state index contributed by atoms with van der Waals surface area (Å²) in [4.78, 5) is 22.1. The summed E-state index contributed by atoms with van der Waals surface area (Å²) in [6, 6.07) is 16.4. The number of nitrogens with zero attached hydrogens (tertiary/aromatic N) is 3. The van der Waals surface area contributed by atoms with Crippen LogP contribution in [-0.2, 0) is 0 Å². The van der Waals surface area contributed by atoms with Gasteiger partial charge in [-0.3, -0.25) is 9.36 Å². The molecule has 140 valence electrons. The van der Waals surface area contributed by atoms with E-state index in [1.54, 1.807) is 41.1 Å². The SMILES string of the molecule is C#Cc1ccc(-n2c(/C=C/c3ccc(Cl)c(C)c3)nc3ncccc3c2=O)cc1. The number of benzene rings is 2. The summed E-state index contributed by atoms with van der Waals surface area (Å²) < 4.78 is 1.56. The van der Waals surface area contributed by atoms with Gasteiger partial charge in [-0.1, -0.05) is 35.7 Å². The van der Waals surface area contributed by atoms with Crippen LogP contribution in [0.25, 0.3) is 28.9 Å². The van der Waals surface area contributed by atoms with E-state index in [0.717, 1.165) is 16.7 Å². The smallest absolute Gasteiger partial charge is 0.267 e. The molecule has 0 radical (unpaired) electrons. The van der Waals surface area contributed by atoms with E-state index in [1.807, 2.05) is 43.3 Å². The zero-order chi connectivity index (χ0) is 20.4. The highest BCUT2D eigenvalue weighted by Crippen LogP contribution is 2.19. The van der Waals surface area contributed by atoms with Gasteiger partial charge in [-0.15, -0.1) is 6.42 Å². The second-order valence-electron chi connectivity index (χ2n) is 6.52. The number of aryl methyl sites for hydroxylation is 1. The number of terminal acetylenes is 1. The second-order valence-corrected chi connectivity index (χ2v) is 6.93. The van der Waals surface area contributed by atoms with Gasteiger partial charge in [0.15, 0.2) is 5.65 Å². The molecule has 0 aliphatic carbocycles. The van der Waals surface area contributed by atoms with Crippen molar-refractivity contribution in [1.29, 1.82) is 0 Å². The Morgan fingerprint density at radius 3 is 2.62 bits per heavy atom. The first-order valence-corrected chi connectivity index (χ1v) is 9.34. The summed E-state index contributed by atoms with van der Waals surface area (Å²) in [6.45, 7) is 1.95.